The molecule has 2 aliphatic rings. The molecule has 0 radical (unpaired) electrons. The highest BCUT2D eigenvalue weighted by atomic mass is 16.3. The second-order valence-electron chi connectivity index (χ2n) is 7.95. The quantitative estimate of drug-likeness (QED) is 0.865. The van der Waals surface area contributed by atoms with Gasteiger partial charge in [-0.3, -0.25) is 14.6 Å². The van der Waals surface area contributed by atoms with E-state index in [1.165, 1.54) is 0 Å². The molecule has 1 aromatic heterocycles. The Morgan fingerprint density at radius 1 is 1.38 bits per heavy atom. The maximum absolute atomic E-state index is 12.5. The van der Waals surface area contributed by atoms with Gasteiger partial charge in [0.05, 0.1) is 17.7 Å². The Balaban J connectivity index is 1.76. The molecule has 2 heterocycles. The summed E-state index contributed by atoms with van der Waals surface area (Å²) >= 11 is 0. The van der Waals surface area contributed by atoms with Crippen molar-refractivity contribution < 1.29 is 14.7 Å². The fourth-order valence-electron chi connectivity index (χ4n) is 4.82. The number of likely N-dealkylation sites (tertiary alicyclic amines) is 1. The number of aryl methyl sites for hydroxylation is 1. The first-order chi connectivity index (χ1) is 12.3. The zero-order chi connectivity index (χ0) is 18.9. The number of rotatable bonds is 3. The van der Waals surface area contributed by atoms with Gasteiger partial charge in [0, 0.05) is 36.8 Å². The highest BCUT2D eigenvalue weighted by Crippen LogP contribution is 2.48. The van der Waals surface area contributed by atoms with E-state index in [9.17, 15) is 14.7 Å². The predicted octanol–water partition coefficient (Wildman–Crippen LogP) is 2.05. The fourth-order valence-corrected chi connectivity index (χ4v) is 4.82. The van der Waals surface area contributed by atoms with Gasteiger partial charge in [0.1, 0.15) is 0 Å². The zero-order valence-electron chi connectivity index (χ0n) is 15.9. The fraction of sp³-hybridized carbons (Fsp3) is 0.650. The summed E-state index contributed by atoms with van der Waals surface area (Å²) in [6.45, 7) is 5.88. The van der Waals surface area contributed by atoms with E-state index < -0.39 is 6.10 Å². The summed E-state index contributed by atoms with van der Waals surface area (Å²) in [5.41, 5.74) is 0.939. The van der Waals surface area contributed by atoms with E-state index in [0.717, 1.165) is 25.7 Å². The molecule has 1 saturated heterocycles. The number of aromatic nitrogens is 1. The number of amides is 2. The summed E-state index contributed by atoms with van der Waals surface area (Å²) in [6.07, 6.45) is 5.70. The molecular weight excluding hydrogens is 330 g/mol. The van der Waals surface area contributed by atoms with E-state index in [1.54, 1.807) is 25.3 Å². The summed E-state index contributed by atoms with van der Waals surface area (Å²) in [5.74, 6) is -0.151. The van der Waals surface area contributed by atoms with Crippen LogP contribution in [0.2, 0.25) is 0 Å². The molecule has 0 unspecified atom stereocenters. The first-order valence-electron chi connectivity index (χ1n) is 9.51. The minimum absolute atomic E-state index is 0.0182. The lowest BCUT2D eigenvalue weighted by Gasteiger charge is -2.37. The van der Waals surface area contributed by atoms with E-state index in [0.29, 0.717) is 24.2 Å². The number of hydrogen-bond acceptors (Lipinski definition) is 4. The minimum Gasteiger partial charge on any atom is -0.392 e. The molecule has 4 atom stereocenters. The molecule has 6 heteroatoms. The molecule has 3 rings (SSSR count). The third kappa shape index (κ3) is 3.34. The molecule has 0 aromatic carbocycles. The Morgan fingerprint density at radius 3 is 2.81 bits per heavy atom. The van der Waals surface area contributed by atoms with Crippen LogP contribution in [0.4, 0.5) is 0 Å². The Bertz CT molecular complexity index is 693. The van der Waals surface area contributed by atoms with Crippen molar-refractivity contribution in [2.75, 3.05) is 6.54 Å². The monoisotopic (exact) mass is 359 g/mol. The van der Waals surface area contributed by atoms with Crippen molar-refractivity contribution in [2.24, 2.45) is 5.41 Å². The standard InChI is InChI=1S/C20H29N3O3/c1-13-16(7-6-10-21-13)19(26)22-12-15-11-20(3)17(23(15)14(2)24)8-4-5-9-18(20)25/h6-7,10,15,17-18,25H,4-5,8-9,11-12H2,1-3H3,(H,22,26)/t15-,17-,18+,20-/m1/s1. The first kappa shape index (κ1) is 18.8. The smallest absolute Gasteiger partial charge is 0.253 e. The largest absolute Gasteiger partial charge is 0.392 e. The average Bonchev–Trinajstić information content (AvgIpc) is 2.82. The maximum atomic E-state index is 12.5. The summed E-state index contributed by atoms with van der Waals surface area (Å²) in [7, 11) is 0. The summed E-state index contributed by atoms with van der Waals surface area (Å²) < 4.78 is 0. The first-order valence-corrected chi connectivity index (χ1v) is 9.51. The molecule has 26 heavy (non-hydrogen) atoms. The highest BCUT2D eigenvalue weighted by molar-refractivity contribution is 5.95. The molecule has 1 aliphatic carbocycles. The molecule has 1 aliphatic heterocycles. The second-order valence-corrected chi connectivity index (χ2v) is 7.95. The molecule has 0 spiro atoms. The van der Waals surface area contributed by atoms with E-state index in [1.807, 2.05) is 11.8 Å². The van der Waals surface area contributed by atoms with Gasteiger partial charge >= 0.3 is 0 Å². The van der Waals surface area contributed by atoms with Crippen LogP contribution in [-0.4, -0.2) is 51.5 Å². The van der Waals surface area contributed by atoms with Gasteiger partial charge in [-0.15, -0.1) is 0 Å². The zero-order valence-corrected chi connectivity index (χ0v) is 15.9. The molecule has 1 aromatic rings. The van der Waals surface area contributed by atoms with Crippen molar-refractivity contribution in [2.45, 2.75) is 71.1 Å². The number of carbonyl (C=O) groups excluding carboxylic acids is 2. The molecule has 2 amide bonds. The van der Waals surface area contributed by atoms with Crippen LogP contribution in [0, 0.1) is 12.3 Å². The summed E-state index contributed by atoms with van der Waals surface area (Å²) in [5, 5.41) is 13.7. The van der Waals surface area contributed by atoms with Crippen LogP contribution in [0.3, 0.4) is 0 Å². The van der Waals surface area contributed by atoms with Crippen molar-refractivity contribution >= 4 is 11.8 Å². The van der Waals surface area contributed by atoms with Crippen LogP contribution in [0.25, 0.3) is 0 Å². The van der Waals surface area contributed by atoms with Crippen LogP contribution in [0.5, 0.6) is 0 Å². The SMILES string of the molecule is CC(=O)N1[C@@H](CNC(=O)c2cccnc2C)C[C@@]2(C)[C@@H](O)CCCC[C@@H]12. The third-order valence-corrected chi connectivity index (χ3v) is 6.25. The number of carbonyl (C=O) groups is 2. The van der Waals surface area contributed by atoms with E-state index >= 15 is 0 Å². The number of aliphatic hydroxyl groups excluding tert-OH is 1. The molecule has 6 nitrogen and oxygen atoms in total. The Labute approximate surface area is 155 Å². The van der Waals surface area contributed by atoms with Gasteiger partial charge in [0.2, 0.25) is 5.91 Å². The van der Waals surface area contributed by atoms with Gasteiger partial charge in [-0.1, -0.05) is 19.8 Å². The van der Waals surface area contributed by atoms with Crippen molar-refractivity contribution in [3.05, 3.63) is 29.6 Å². The van der Waals surface area contributed by atoms with Crippen LogP contribution in [0.15, 0.2) is 18.3 Å². The van der Waals surface area contributed by atoms with Crippen molar-refractivity contribution in [3.8, 4) is 0 Å². The molecule has 2 N–H and O–H groups in total. The van der Waals surface area contributed by atoms with Crippen LogP contribution >= 0.6 is 0 Å². The summed E-state index contributed by atoms with van der Waals surface area (Å²) in [6, 6.07) is 3.45. The van der Waals surface area contributed by atoms with E-state index in [-0.39, 0.29) is 29.3 Å². The number of nitrogens with zero attached hydrogens (tertiary/aromatic N) is 2. The molecule has 2 fully saturated rings. The molecule has 0 bridgehead atoms. The Hall–Kier alpha value is -1.95. The lowest BCUT2D eigenvalue weighted by molar-refractivity contribution is -0.133. The number of nitrogens with one attached hydrogen (secondary N) is 1. The van der Waals surface area contributed by atoms with Crippen LogP contribution in [-0.2, 0) is 4.79 Å². The predicted molar refractivity (Wildman–Crippen MR) is 98.6 cm³/mol. The number of aliphatic hydroxyl groups is 1. The van der Waals surface area contributed by atoms with E-state index in [4.69, 9.17) is 0 Å². The maximum Gasteiger partial charge on any atom is 0.253 e. The highest BCUT2D eigenvalue weighted by Gasteiger charge is 2.54. The van der Waals surface area contributed by atoms with Gasteiger partial charge in [0.25, 0.3) is 5.91 Å². The normalized spacial score (nSPS) is 31.2. The minimum atomic E-state index is -0.405. The Kier molecular flexibility index (Phi) is 5.32. The summed E-state index contributed by atoms with van der Waals surface area (Å²) in [4.78, 5) is 30.9. The topological polar surface area (TPSA) is 82.5 Å². The number of hydrogen-bond donors (Lipinski definition) is 2. The van der Waals surface area contributed by atoms with Crippen molar-refractivity contribution in [1.82, 2.24) is 15.2 Å². The lowest BCUT2D eigenvalue weighted by atomic mass is 9.75. The van der Waals surface area contributed by atoms with Gasteiger partial charge < -0.3 is 15.3 Å². The van der Waals surface area contributed by atoms with Gasteiger partial charge in [-0.25, -0.2) is 0 Å². The Morgan fingerprint density at radius 2 is 2.12 bits per heavy atom. The third-order valence-electron chi connectivity index (χ3n) is 6.25. The average molecular weight is 359 g/mol. The van der Waals surface area contributed by atoms with Crippen molar-refractivity contribution in [1.29, 1.82) is 0 Å². The van der Waals surface area contributed by atoms with Crippen LogP contribution in [0.1, 0.15) is 62.0 Å². The molecule has 1 saturated carbocycles. The molecule has 142 valence electrons. The second kappa shape index (κ2) is 7.35. The van der Waals surface area contributed by atoms with Gasteiger partial charge in [0.15, 0.2) is 0 Å². The van der Waals surface area contributed by atoms with Crippen LogP contribution < -0.4 is 5.32 Å². The lowest BCUT2D eigenvalue weighted by Crippen LogP contribution is -2.48. The number of pyridine rings is 1. The van der Waals surface area contributed by atoms with E-state index in [2.05, 4.69) is 17.2 Å². The van der Waals surface area contributed by atoms with Crippen molar-refractivity contribution in [3.63, 3.8) is 0 Å². The van der Waals surface area contributed by atoms with Gasteiger partial charge in [-0.2, -0.15) is 0 Å². The molecular formula is C20H29N3O3. The van der Waals surface area contributed by atoms with Gasteiger partial charge in [-0.05, 0) is 38.3 Å². The number of fused-ring (bicyclic) bond motifs is 1.